The van der Waals surface area contributed by atoms with Crippen molar-refractivity contribution >= 4 is 12.2 Å². The van der Waals surface area contributed by atoms with E-state index in [2.05, 4.69) is 70.0 Å². The van der Waals surface area contributed by atoms with E-state index in [0.29, 0.717) is 13.3 Å². The molecule has 19 heavy (non-hydrogen) atoms. The van der Waals surface area contributed by atoms with Crippen LogP contribution < -0.4 is 10.2 Å². The van der Waals surface area contributed by atoms with Crippen molar-refractivity contribution in [1.29, 1.82) is 0 Å². The molecule has 0 saturated carbocycles. The van der Waals surface area contributed by atoms with Crippen LogP contribution in [0.3, 0.4) is 0 Å². The molecule has 0 N–H and O–H groups in total. The molecule has 0 heterocycles. The molecule has 0 aliphatic heterocycles. The minimum Gasteiger partial charge on any atom is -0.489 e. The molecule has 0 aliphatic carbocycles. The minimum absolute atomic E-state index is 0.578. The van der Waals surface area contributed by atoms with Crippen molar-refractivity contribution in [3.05, 3.63) is 59.2 Å². The Morgan fingerprint density at radius 1 is 0.947 bits per heavy atom. The third-order valence-corrected chi connectivity index (χ3v) is 3.38. The summed E-state index contributed by atoms with van der Waals surface area (Å²) in [6, 6.07) is 15.0. The predicted molar refractivity (Wildman–Crippen MR) is 83.8 cm³/mol. The molecule has 2 aromatic carbocycles. The highest BCUT2D eigenvalue weighted by Crippen LogP contribution is 2.20. The number of hydrogen-bond acceptors (Lipinski definition) is 1. The maximum atomic E-state index is 5.90. The van der Waals surface area contributed by atoms with Crippen LogP contribution >= 0.6 is 0 Å². The zero-order chi connectivity index (χ0) is 13.8. The van der Waals surface area contributed by atoms with Crippen LogP contribution in [-0.4, -0.2) is 6.71 Å². The van der Waals surface area contributed by atoms with Gasteiger partial charge in [0.2, 0.25) is 0 Å². The Labute approximate surface area is 116 Å². The van der Waals surface area contributed by atoms with Crippen LogP contribution in [0.5, 0.6) is 5.75 Å². The molecular weight excluding hydrogens is 231 g/mol. The molecule has 0 aliphatic rings. The highest BCUT2D eigenvalue weighted by molar-refractivity contribution is 6.70. The van der Waals surface area contributed by atoms with Gasteiger partial charge in [-0.15, -0.1) is 0 Å². The smallest absolute Gasteiger partial charge is 0.169 e. The topological polar surface area (TPSA) is 9.23 Å². The molecule has 1 nitrogen and oxygen atoms in total. The third kappa shape index (κ3) is 3.63. The normalized spacial score (nSPS) is 10.3. The molecule has 0 unspecified atom stereocenters. The van der Waals surface area contributed by atoms with Crippen LogP contribution in [-0.2, 0) is 6.61 Å². The molecule has 2 rings (SSSR count). The van der Waals surface area contributed by atoms with E-state index in [1.54, 1.807) is 0 Å². The van der Waals surface area contributed by atoms with E-state index in [1.165, 1.54) is 22.2 Å². The second-order valence-electron chi connectivity index (χ2n) is 5.45. The lowest BCUT2D eigenvalue weighted by Gasteiger charge is -2.11. The van der Waals surface area contributed by atoms with Crippen LogP contribution in [0, 0.1) is 13.8 Å². The second kappa shape index (κ2) is 5.96. The maximum Gasteiger partial charge on any atom is 0.169 e. The monoisotopic (exact) mass is 252 g/mol. The first kappa shape index (κ1) is 13.7. The molecule has 2 aromatic rings. The maximum absolute atomic E-state index is 5.90. The quantitative estimate of drug-likeness (QED) is 0.751. The summed E-state index contributed by atoms with van der Waals surface area (Å²) in [5.74, 6) is 0.980. The van der Waals surface area contributed by atoms with Crippen LogP contribution in [0.15, 0.2) is 42.5 Å². The minimum atomic E-state index is 0.578. The molecule has 0 saturated heterocycles. The average Bonchev–Trinajstić information content (AvgIpc) is 2.40. The molecule has 0 fully saturated rings. The first-order chi connectivity index (χ1) is 9.06. The first-order valence-corrected chi connectivity index (χ1v) is 6.85. The van der Waals surface area contributed by atoms with Crippen molar-refractivity contribution in [3.8, 4) is 5.75 Å². The summed E-state index contributed by atoms with van der Waals surface area (Å²) in [6.07, 6.45) is 0. The zero-order valence-electron chi connectivity index (χ0n) is 12.2. The van der Waals surface area contributed by atoms with Crippen LogP contribution in [0.4, 0.5) is 0 Å². The first-order valence-electron chi connectivity index (χ1n) is 6.85. The van der Waals surface area contributed by atoms with Gasteiger partial charge in [0.25, 0.3) is 0 Å². The van der Waals surface area contributed by atoms with Gasteiger partial charge in [-0.1, -0.05) is 55.5 Å². The predicted octanol–water partition coefficient (Wildman–Crippen LogP) is 3.84. The molecular formula is C17H21BO. The SMILES string of the molecule is CB(C)c1ccc(COc2cc(C)ccc2C)cc1. The van der Waals surface area contributed by atoms with Gasteiger partial charge < -0.3 is 4.74 Å². The molecule has 0 bridgehead atoms. The van der Waals surface area contributed by atoms with Crippen LogP contribution in [0.25, 0.3) is 0 Å². The van der Waals surface area contributed by atoms with E-state index >= 15 is 0 Å². The Morgan fingerprint density at radius 3 is 2.26 bits per heavy atom. The van der Waals surface area contributed by atoms with Gasteiger partial charge in [0.1, 0.15) is 12.4 Å². The van der Waals surface area contributed by atoms with E-state index in [1.807, 2.05) is 0 Å². The lowest BCUT2D eigenvalue weighted by molar-refractivity contribution is 0.304. The second-order valence-corrected chi connectivity index (χ2v) is 5.45. The van der Waals surface area contributed by atoms with Crippen LogP contribution in [0.1, 0.15) is 16.7 Å². The van der Waals surface area contributed by atoms with Gasteiger partial charge in [0.15, 0.2) is 6.71 Å². The van der Waals surface area contributed by atoms with E-state index in [9.17, 15) is 0 Å². The number of hydrogen-bond donors (Lipinski definition) is 0. The van der Waals surface area contributed by atoms with Crippen molar-refractivity contribution in [2.24, 2.45) is 0 Å². The van der Waals surface area contributed by atoms with Gasteiger partial charge in [-0.3, -0.25) is 0 Å². The standard InChI is InChI=1S/C17H21BO/c1-13-5-6-14(2)17(11-13)19-12-15-7-9-16(10-8-15)18(3)4/h5-11H,12H2,1-4H3. The lowest BCUT2D eigenvalue weighted by Crippen LogP contribution is -2.22. The summed E-state index contributed by atoms with van der Waals surface area (Å²) in [6.45, 7) is 9.79. The number of benzene rings is 2. The van der Waals surface area contributed by atoms with Gasteiger partial charge in [0.05, 0.1) is 0 Å². The summed E-state index contributed by atoms with van der Waals surface area (Å²) in [7, 11) is 0. The van der Waals surface area contributed by atoms with Crippen molar-refractivity contribution in [2.45, 2.75) is 34.1 Å². The summed E-state index contributed by atoms with van der Waals surface area (Å²) < 4.78 is 5.90. The van der Waals surface area contributed by atoms with Crippen molar-refractivity contribution in [2.75, 3.05) is 0 Å². The van der Waals surface area contributed by atoms with Gasteiger partial charge in [-0.25, -0.2) is 0 Å². The Bertz CT molecular complexity index is 544. The zero-order valence-corrected chi connectivity index (χ0v) is 12.2. The van der Waals surface area contributed by atoms with Gasteiger partial charge in [-0.2, -0.15) is 0 Å². The molecule has 0 spiro atoms. The van der Waals surface area contributed by atoms with Gasteiger partial charge >= 0.3 is 0 Å². The van der Waals surface area contributed by atoms with E-state index in [0.717, 1.165) is 5.75 Å². The van der Waals surface area contributed by atoms with E-state index in [-0.39, 0.29) is 0 Å². The van der Waals surface area contributed by atoms with Gasteiger partial charge in [0, 0.05) is 0 Å². The summed E-state index contributed by atoms with van der Waals surface area (Å²) >= 11 is 0. The molecule has 98 valence electrons. The molecule has 2 heteroatoms. The third-order valence-electron chi connectivity index (χ3n) is 3.38. The Morgan fingerprint density at radius 2 is 1.63 bits per heavy atom. The number of aryl methyl sites for hydroxylation is 2. The van der Waals surface area contributed by atoms with E-state index in [4.69, 9.17) is 4.74 Å². The van der Waals surface area contributed by atoms with Crippen molar-refractivity contribution in [1.82, 2.24) is 0 Å². The Balaban J connectivity index is 2.04. The highest BCUT2D eigenvalue weighted by atomic mass is 16.5. The molecule has 0 aromatic heterocycles. The fourth-order valence-corrected chi connectivity index (χ4v) is 2.02. The Kier molecular flexibility index (Phi) is 4.31. The molecule has 0 atom stereocenters. The fraction of sp³-hybridized carbons (Fsp3) is 0.294. The number of ether oxygens (including phenoxy) is 1. The summed E-state index contributed by atoms with van der Waals surface area (Å²) in [5, 5.41) is 0. The molecule has 0 amide bonds. The van der Waals surface area contributed by atoms with Crippen molar-refractivity contribution in [3.63, 3.8) is 0 Å². The summed E-state index contributed by atoms with van der Waals surface area (Å²) in [5.41, 5.74) is 5.00. The van der Waals surface area contributed by atoms with Gasteiger partial charge in [-0.05, 0) is 36.6 Å². The van der Waals surface area contributed by atoms with Crippen LogP contribution in [0.2, 0.25) is 13.6 Å². The van der Waals surface area contributed by atoms with Crippen molar-refractivity contribution < 1.29 is 4.74 Å². The Hall–Kier alpha value is -1.70. The number of rotatable bonds is 4. The van der Waals surface area contributed by atoms with E-state index < -0.39 is 0 Å². The average molecular weight is 252 g/mol. The summed E-state index contributed by atoms with van der Waals surface area (Å²) in [4.78, 5) is 0. The lowest BCUT2D eigenvalue weighted by atomic mass is 9.49. The fourth-order valence-electron chi connectivity index (χ4n) is 2.02. The largest absolute Gasteiger partial charge is 0.489 e. The molecule has 0 radical (unpaired) electrons. The highest BCUT2D eigenvalue weighted by Gasteiger charge is 2.04.